The summed E-state index contributed by atoms with van der Waals surface area (Å²) in [6.45, 7) is 1.63. The molecule has 0 saturated heterocycles. The number of furan rings is 1. The Balaban J connectivity index is 2.04. The smallest absolute Gasteiger partial charge is 0.337 e. The number of rotatable bonds is 5. The SMILES string of the molecule is CCOC(=O)C1=CN(Cc2ccco2)S(=O)(=O)NC1c1ccc(F)c(Cl)c1. The summed E-state index contributed by atoms with van der Waals surface area (Å²) in [5, 5.41) is -0.187. The molecule has 2 heterocycles. The summed E-state index contributed by atoms with van der Waals surface area (Å²) < 4.78 is 52.3. The lowest BCUT2D eigenvalue weighted by molar-refractivity contribution is -0.139. The molecule has 0 amide bonds. The van der Waals surface area contributed by atoms with E-state index in [4.69, 9.17) is 20.8 Å². The summed E-state index contributed by atoms with van der Waals surface area (Å²) in [5.74, 6) is -0.960. The molecule has 1 aromatic carbocycles. The molecule has 144 valence electrons. The Kier molecular flexibility index (Phi) is 5.54. The van der Waals surface area contributed by atoms with Crippen molar-refractivity contribution in [3.63, 3.8) is 0 Å². The molecule has 0 radical (unpaired) electrons. The maximum atomic E-state index is 13.5. The molecular weight excluding hydrogens is 399 g/mol. The van der Waals surface area contributed by atoms with Crippen LogP contribution >= 0.6 is 11.6 Å². The van der Waals surface area contributed by atoms with Gasteiger partial charge in [-0.15, -0.1) is 0 Å². The number of nitrogens with one attached hydrogen (secondary N) is 1. The van der Waals surface area contributed by atoms with E-state index in [9.17, 15) is 17.6 Å². The van der Waals surface area contributed by atoms with Crippen LogP contribution in [0, 0.1) is 5.82 Å². The van der Waals surface area contributed by atoms with Gasteiger partial charge < -0.3 is 9.15 Å². The van der Waals surface area contributed by atoms with Crippen molar-refractivity contribution in [2.45, 2.75) is 19.5 Å². The Morgan fingerprint density at radius 1 is 1.41 bits per heavy atom. The van der Waals surface area contributed by atoms with E-state index in [-0.39, 0.29) is 23.7 Å². The van der Waals surface area contributed by atoms with E-state index in [0.29, 0.717) is 11.3 Å². The number of esters is 1. The normalized spacial score (nSPS) is 18.9. The molecule has 0 fully saturated rings. The lowest BCUT2D eigenvalue weighted by Gasteiger charge is -2.31. The number of carbonyl (C=O) groups excluding carboxylic acids is 1. The van der Waals surface area contributed by atoms with Crippen molar-refractivity contribution >= 4 is 27.8 Å². The van der Waals surface area contributed by atoms with Crippen LogP contribution in [0.2, 0.25) is 5.02 Å². The number of halogens is 2. The molecule has 1 unspecified atom stereocenters. The second kappa shape index (κ2) is 7.71. The molecule has 1 aliphatic heterocycles. The van der Waals surface area contributed by atoms with Crippen LogP contribution in [0.3, 0.4) is 0 Å². The summed E-state index contributed by atoms with van der Waals surface area (Å²) in [7, 11) is -4.00. The Hall–Kier alpha value is -2.36. The third-order valence-corrected chi connectivity index (χ3v) is 5.52. The molecular formula is C17H16ClFN2O5S. The fourth-order valence-electron chi connectivity index (χ4n) is 2.59. The summed E-state index contributed by atoms with van der Waals surface area (Å²) >= 11 is 5.81. The van der Waals surface area contributed by atoms with Gasteiger partial charge in [0.1, 0.15) is 11.6 Å². The Bertz CT molecular complexity index is 975. The van der Waals surface area contributed by atoms with Gasteiger partial charge in [0, 0.05) is 6.20 Å². The zero-order valence-electron chi connectivity index (χ0n) is 14.2. The first-order valence-corrected chi connectivity index (χ1v) is 9.79. The van der Waals surface area contributed by atoms with Crippen LogP contribution in [0.5, 0.6) is 0 Å². The highest BCUT2D eigenvalue weighted by Crippen LogP contribution is 2.32. The molecule has 0 bridgehead atoms. The monoisotopic (exact) mass is 414 g/mol. The molecule has 0 saturated carbocycles. The zero-order chi connectivity index (χ0) is 19.6. The summed E-state index contributed by atoms with van der Waals surface area (Å²) in [4.78, 5) is 12.4. The minimum absolute atomic E-state index is 0.0425. The van der Waals surface area contributed by atoms with Gasteiger partial charge in [-0.25, -0.2) is 9.18 Å². The van der Waals surface area contributed by atoms with Crippen LogP contribution in [0.4, 0.5) is 4.39 Å². The topological polar surface area (TPSA) is 88.8 Å². The Morgan fingerprint density at radius 3 is 2.81 bits per heavy atom. The van der Waals surface area contributed by atoms with Crippen LogP contribution in [0.1, 0.15) is 24.3 Å². The van der Waals surface area contributed by atoms with Crippen molar-refractivity contribution < 1.29 is 26.8 Å². The summed E-state index contributed by atoms with van der Waals surface area (Å²) in [6, 6.07) is 5.88. The van der Waals surface area contributed by atoms with Gasteiger partial charge in [-0.3, -0.25) is 4.31 Å². The van der Waals surface area contributed by atoms with E-state index in [1.54, 1.807) is 19.1 Å². The predicted molar refractivity (Wildman–Crippen MR) is 95.2 cm³/mol. The lowest BCUT2D eigenvalue weighted by Crippen LogP contribution is -2.45. The fraction of sp³-hybridized carbons (Fsp3) is 0.235. The van der Waals surface area contributed by atoms with Crippen LogP contribution in [0.15, 0.2) is 52.8 Å². The third kappa shape index (κ3) is 4.15. The highest BCUT2D eigenvalue weighted by atomic mass is 35.5. The van der Waals surface area contributed by atoms with Crippen molar-refractivity contribution in [1.29, 1.82) is 0 Å². The van der Waals surface area contributed by atoms with E-state index >= 15 is 0 Å². The van der Waals surface area contributed by atoms with Crippen LogP contribution < -0.4 is 4.72 Å². The van der Waals surface area contributed by atoms with Crippen molar-refractivity contribution in [2.75, 3.05) is 6.61 Å². The largest absolute Gasteiger partial charge is 0.467 e. The van der Waals surface area contributed by atoms with Crippen molar-refractivity contribution in [3.8, 4) is 0 Å². The van der Waals surface area contributed by atoms with Gasteiger partial charge in [0.25, 0.3) is 0 Å². The number of hydrogen-bond acceptors (Lipinski definition) is 5. The summed E-state index contributed by atoms with van der Waals surface area (Å²) in [5.41, 5.74) is 0.350. The van der Waals surface area contributed by atoms with Crippen LogP contribution in [0.25, 0.3) is 0 Å². The molecule has 1 aromatic heterocycles. The van der Waals surface area contributed by atoms with Gasteiger partial charge in [-0.05, 0) is 36.8 Å². The molecule has 10 heteroatoms. The van der Waals surface area contributed by atoms with E-state index in [1.807, 2.05) is 0 Å². The highest BCUT2D eigenvalue weighted by Gasteiger charge is 2.37. The Morgan fingerprint density at radius 2 is 2.19 bits per heavy atom. The lowest BCUT2D eigenvalue weighted by atomic mass is 10.00. The molecule has 3 rings (SSSR count). The highest BCUT2D eigenvalue weighted by molar-refractivity contribution is 7.87. The van der Waals surface area contributed by atoms with Crippen LogP contribution in [-0.4, -0.2) is 25.3 Å². The van der Waals surface area contributed by atoms with E-state index in [2.05, 4.69) is 4.72 Å². The molecule has 27 heavy (non-hydrogen) atoms. The molecule has 1 aliphatic rings. The zero-order valence-corrected chi connectivity index (χ0v) is 15.8. The molecule has 7 nitrogen and oxygen atoms in total. The Labute approximate surface area is 160 Å². The van der Waals surface area contributed by atoms with Gasteiger partial charge in [0.05, 0.1) is 36.1 Å². The standard InChI is InChI=1S/C17H16ClFN2O5S/c1-2-25-17(22)13-10-21(9-12-4-3-7-26-12)27(23,24)20-16(13)11-5-6-15(19)14(18)8-11/h3-8,10,16,20H,2,9H2,1H3. The number of carbonyl (C=O) groups is 1. The van der Waals surface area contributed by atoms with E-state index in [1.165, 1.54) is 24.6 Å². The van der Waals surface area contributed by atoms with E-state index in [0.717, 1.165) is 10.4 Å². The number of benzene rings is 1. The third-order valence-electron chi connectivity index (χ3n) is 3.85. The maximum absolute atomic E-state index is 13.5. The average Bonchev–Trinajstić information content (AvgIpc) is 3.12. The average molecular weight is 415 g/mol. The van der Waals surface area contributed by atoms with Gasteiger partial charge in [-0.2, -0.15) is 13.1 Å². The molecule has 0 spiro atoms. The molecule has 1 atom stereocenters. The molecule has 1 N–H and O–H groups in total. The van der Waals surface area contributed by atoms with Gasteiger partial charge in [-0.1, -0.05) is 17.7 Å². The van der Waals surface area contributed by atoms with Crippen LogP contribution in [-0.2, 0) is 26.3 Å². The minimum atomic E-state index is -4.00. The fourth-order valence-corrected chi connectivity index (χ4v) is 4.03. The van der Waals surface area contributed by atoms with Crippen molar-refractivity contribution in [2.24, 2.45) is 0 Å². The first kappa shape index (κ1) is 19.4. The number of nitrogens with zero attached hydrogens (tertiary/aromatic N) is 1. The predicted octanol–water partition coefficient (Wildman–Crippen LogP) is 2.91. The van der Waals surface area contributed by atoms with Crippen molar-refractivity contribution in [1.82, 2.24) is 9.03 Å². The van der Waals surface area contributed by atoms with E-state index < -0.39 is 28.0 Å². The second-order valence-electron chi connectivity index (χ2n) is 5.66. The minimum Gasteiger partial charge on any atom is -0.467 e. The van der Waals surface area contributed by atoms with Gasteiger partial charge in [0.2, 0.25) is 0 Å². The van der Waals surface area contributed by atoms with Gasteiger partial charge >= 0.3 is 16.2 Å². The van der Waals surface area contributed by atoms with Crippen molar-refractivity contribution in [3.05, 3.63) is 70.5 Å². The molecule has 2 aromatic rings. The maximum Gasteiger partial charge on any atom is 0.337 e. The van der Waals surface area contributed by atoms with Gasteiger partial charge in [0.15, 0.2) is 0 Å². The summed E-state index contributed by atoms with van der Waals surface area (Å²) in [6.07, 6.45) is 2.60. The first-order valence-electron chi connectivity index (χ1n) is 7.97. The quantitative estimate of drug-likeness (QED) is 0.760. The number of ether oxygens (including phenoxy) is 1. The number of hydrogen-bond donors (Lipinski definition) is 1. The second-order valence-corrected chi connectivity index (χ2v) is 7.72. The first-order chi connectivity index (χ1) is 12.8. The molecule has 0 aliphatic carbocycles.